The van der Waals surface area contributed by atoms with Crippen LogP contribution in [0.5, 0.6) is 0 Å². The maximum Gasteiger partial charge on any atom is 0.302 e. The second-order valence-corrected chi connectivity index (χ2v) is 13.3. The highest BCUT2D eigenvalue weighted by atomic mass is 28.4. The lowest BCUT2D eigenvalue weighted by atomic mass is 10.1. The molecule has 0 N–H and O–H groups in total. The van der Waals surface area contributed by atoms with Crippen LogP contribution in [0.2, 0.25) is 5.04 Å². The van der Waals surface area contributed by atoms with Gasteiger partial charge in [0.1, 0.15) is 0 Å². The second-order valence-electron chi connectivity index (χ2n) is 8.97. The average Bonchev–Trinajstić information content (AvgIpc) is 2.72. The number of carbonyl (C=O) groups excluding carboxylic acids is 1. The van der Waals surface area contributed by atoms with E-state index in [1.807, 2.05) is 0 Å². The summed E-state index contributed by atoms with van der Waals surface area (Å²) >= 11 is 0. The minimum Gasteiger partial charge on any atom is -0.466 e. The van der Waals surface area contributed by atoms with Gasteiger partial charge in [-0.3, -0.25) is 4.79 Å². The minimum atomic E-state index is -2.39. The third-order valence-corrected chi connectivity index (χ3v) is 10.6. The van der Waals surface area contributed by atoms with Gasteiger partial charge in [0.05, 0.1) is 6.61 Å². The normalized spacial score (nSPS) is 12.0. The minimum absolute atomic E-state index is 0.0341. The van der Waals surface area contributed by atoms with Gasteiger partial charge in [-0.25, -0.2) is 0 Å². The second kappa shape index (κ2) is 12.1. The van der Waals surface area contributed by atoms with Crippen molar-refractivity contribution in [2.45, 2.75) is 71.3 Å². The van der Waals surface area contributed by atoms with Gasteiger partial charge >= 0.3 is 5.97 Å². The Kier molecular flexibility index (Phi) is 9.80. The van der Waals surface area contributed by atoms with Crippen LogP contribution in [0.1, 0.15) is 66.2 Å². The fourth-order valence-electron chi connectivity index (χ4n) is 4.11. The Morgan fingerprint density at radius 1 is 0.733 bits per heavy atom. The highest BCUT2D eigenvalue weighted by molar-refractivity contribution is 6.99. The number of ether oxygens (including phenoxy) is 1. The van der Waals surface area contributed by atoms with Crippen molar-refractivity contribution in [3.63, 3.8) is 0 Å². The van der Waals surface area contributed by atoms with Gasteiger partial charge in [-0.2, -0.15) is 0 Å². The summed E-state index contributed by atoms with van der Waals surface area (Å²) in [6.07, 6.45) is 6.70. The zero-order valence-electron chi connectivity index (χ0n) is 19.2. The molecule has 0 atom stereocenters. The molecular weight excluding hydrogens is 388 g/mol. The van der Waals surface area contributed by atoms with E-state index >= 15 is 0 Å². The third kappa shape index (κ3) is 6.81. The zero-order chi connectivity index (χ0) is 21.9. The summed E-state index contributed by atoms with van der Waals surface area (Å²) < 4.78 is 11.9. The van der Waals surface area contributed by atoms with Crippen molar-refractivity contribution in [1.82, 2.24) is 0 Å². The lowest BCUT2D eigenvalue weighted by Crippen LogP contribution is -2.66. The van der Waals surface area contributed by atoms with Gasteiger partial charge < -0.3 is 9.16 Å². The molecule has 0 amide bonds. The molecule has 2 aromatic carbocycles. The van der Waals surface area contributed by atoms with E-state index in [0.29, 0.717) is 6.61 Å². The molecule has 3 nitrogen and oxygen atoms in total. The van der Waals surface area contributed by atoms with E-state index in [-0.39, 0.29) is 11.0 Å². The van der Waals surface area contributed by atoms with E-state index in [2.05, 4.69) is 81.4 Å². The molecule has 2 aromatic rings. The highest BCUT2D eigenvalue weighted by Gasteiger charge is 2.49. The molecule has 0 heterocycles. The quantitative estimate of drug-likeness (QED) is 0.257. The summed E-state index contributed by atoms with van der Waals surface area (Å²) in [4.78, 5) is 10.8. The van der Waals surface area contributed by atoms with E-state index in [1.54, 1.807) is 0 Å². The van der Waals surface area contributed by atoms with Gasteiger partial charge in [-0.1, -0.05) is 107 Å². The maximum absolute atomic E-state index is 10.8. The van der Waals surface area contributed by atoms with Crippen LogP contribution in [0.4, 0.5) is 0 Å². The van der Waals surface area contributed by atoms with Crippen molar-refractivity contribution in [3.8, 4) is 0 Å². The van der Waals surface area contributed by atoms with Crippen molar-refractivity contribution in [1.29, 1.82) is 0 Å². The Morgan fingerprint density at radius 3 is 1.60 bits per heavy atom. The molecule has 0 saturated carbocycles. The molecule has 164 valence electrons. The lowest BCUT2D eigenvalue weighted by Gasteiger charge is -2.43. The number of hydrogen-bond donors (Lipinski definition) is 0. The van der Waals surface area contributed by atoms with Crippen molar-refractivity contribution in [3.05, 3.63) is 60.7 Å². The third-order valence-electron chi connectivity index (χ3n) is 5.58. The number of benzene rings is 2. The summed E-state index contributed by atoms with van der Waals surface area (Å²) in [5, 5.41) is 2.72. The summed E-state index contributed by atoms with van der Waals surface area (Å²) in [5.41, 5.74) is 0. The van der Waals surface area contributed by atoms with Gasteiger partial charge in [0.2, 0.25) is 0 Å². The Bertz CT molecular complexity index is 698. The van der Waals surface area contributed by atoms with Gasteiger partial charge in [0.25, 0.3) is 8.32 Å². The van der Waals surface area contributed by atoms with Crippen LogP contribution in [0.25, 0.3) is 0 Å². The smallest absolute Gasteiger partial charge is 0.302 e. The molecular formula is C26H38O3Si. The van der Waals surface area contributed by atoms with Gasteiger partial charge in [0, 0.05) is 13.5 Å². The average molecular weight is 427 g/mol. The van der Waals surface area contributed by atoms with E-state index in [0.717, 1.165) is 25.9 Å². The Labute approximate surface area is 183 Å². The van der Waals surface area contributed by atoms with Crippen LogP contribution in [0, 0.1) is 0 Å². The Morgan fingerprint density at radius 2 is 1.17 bits per heavy atom. The molecule has 0 saturated heterocycles. The Hall–Kier alpha value is -1.91. The van der Waals surface area contributed by atoms with Crippen molar-refractivity contribution in [2.75, 3.05) is 13.2 Å². The first-order chi connectivity index (χ1) is 14.4. The summed E-state index contributed by atoms with van der Waals surface area (Å²) in [6, 6.07) is 21.7. The number of esters is 1. The molecule has 0 bridgehead atoms. The standard InChI is InChI=1S/C26H38O3Si/c1-23(27)28-21-15-7-5-6-8-16-22-29-30(26(2,3)4,24-17-11-9-12-18-24)25-19-13-10-14-20-25/h9-14,17-20H,5-8,15-16,21-22H2,1-4H3. The molecule has 0 aliphatic rings. The van der Waals surface area contributed by atoms with Crippen LogP contribution in [0.3, 0.4) is 0 Å². The zero-order valence-corrected chi connectivity index (χ0v) is 20.2. The molecule has 0 aromatic heterocycles. The van der Waals surface area contributed by atoms with Crippen LogP contribution in [0.15, 0.2) is 60.7 Å². The fraction of sp³-hybridized carbons (Fsp3) is 0.500. The first kappa shape index (κ1) is 24.4. The SMILES string of the molecule is CC(=O)OCCCCCCCCO[Si](c1ccccc1)(c1ccccc1)C(C)(C)C. The van der Waals surface area contributed by atoms with E-state index in [1.165, 1.54) is 36.6 Å². The largest absolute Gasteiger partial charge is 0.466 e. The van der Waals surface area contributed by atoms with E-state index in [9.17, 15) is 4.79 Å². The van der Waals surface area contributed by atoms with Gasteiger partial charge in [-0.15, -0.1) is 0 Å². The molecule has 0 fully saturated rings. The molecule has 2 rings (SSSR count). The first-order valence-corrected chi connectivity index (χ1v) is 13.2. The Balaban J connectivity index is 1.96. The predicted octanol–water partition coefficient (Wildman–Crippen LogP) is 5.47. The monoisotopic (exact) mass is 426 g/mol. The summed E-state index contributed by atoms with van der Waals surface area (Å²) in [6.45, 7) is 9.77. The van der Waals surface area contributed by atoms with E-state index < -0.39 is 8.32 Å². The fourth-order valence-corrected chi connectivity index (χ4v) is 8.72. The number of unbranched alkanes of at least 4 members (excludes halogenated alkanes) is 5. The molecule has 0 radical (unpaired) electrons. The van der Waals surface area contributed by atoms with Crippen molar-refractivity contribution in [2.24, 2.45) is 0 Å². The van der Waals surface area contributed by atoms with Crippen LogP contribution >= 0.6 is 0 Å². The molecule has 0 aliphatic carbocycles. The van der Waals surface area contributed by atoms with Crippen LogP contribution < -0.4 is 10.4 Å². The van der Waals surface area contributed by atoms with E-state index in [4.69, 9.17) is 9.16 Å². The molecule has 0 spiro atoms. The summed E-state index contributed by atoms with van der Waals surface area (Å²) in [5.74, 6) is -0.185. The van der Waals surface area contributed by atoms with Crippen molar-refractivity contribution >= 4 is 24.7 Å². The maximum atomic E-state index is 10.8. The van der Waals surface area contributed by atoms with Crippen LogP contribution in [-0.4, -0.2) is 27.5 Å². The lowest BCUT2D eigenvalue weighted by molar-refractivity contribution is -0.141. The van der Waals surface area contributed by atoms with Crippen LogP contribution in [-0.2, 0) is 14.0 Å². The predicted molar refractivity (Wildman–Crippen MR) is 128 cm³/mol. The number of rotatable bonds is 12. The number of hydrogen-bond acceptors (Lipinski definition) is 3. The molecule has 0 aliphatic heterocycles. The van der Waals surface area contributed by atoms with Crippen molar-refractivity contribution < 1.29 is 14.0 Å². The molecule has 0 unspecified atom stereocenters. The summed E-state index contributed by atoms with van der Waals surface area (Å²) in [7, 11) is -2.39. The molecule has 4 heteroatoms. The first-order valence-electron chi connectivity index (χ1n) is 11.3. The van der Waals surface area contributed by atoms with Gasteiger partial charge in [-0.05, 0) is 28.3 Å². The topological polar surface area (TPSA) is 35.5 Å². The van der Waals surface area contributed by atoms with Gasteiger partial charge in [0.15, 0.2) is 0 Å². The molecule has 30 heavy (non-hydrogen) atoms. The number of carbonyl (C=O) groups is 1. The highest BCUT2D eigenvalue weighted by Crippen LogP contribution is 2.36.